The number of aryl methyl sites for hydroxylation is 1. The molecule has 3 aromatic rings. The van der Waals surface area contributed by atoms with Crippen molar-refractivity contribution in [2.24, 2.45) is 34.7 Å². The molecule has 158 valence electrons. The van der Waals surface area contributed by atoms with Gasteiger partial charge in [-0.15, -0.1) is 0 Å². The lowest BCUT2D eigenvalue weighted by molar-refractivity contribution is -0.125. The van der Waals surface area contributed by atoms with Gasteiger partial charge in [-0.2, -0.15) is 0 Å². The molecule has 32 heavy (non-hydrogen) atoms. The molecule has 0 spiro atoms. The van der Waals surface area contributed by atoms with Gasteiger partial charge in [-0.05, 0) is 47.7 Å². The number of amides is 2. The number of oxime groups is 1. The SMILES string of the molecule is Cc1ccc(C2=NO[C@H]3[C@H]4C[C@@H]([C@@H]23)[C@H]2C(=O)N(c3ccc5ccccc5c3)C(=O)[C@@H]42)cc1. The van der Waals surface area contributed by atoms with E-state index in [0.29, 0.717) is 5.69 Å². The maximum atomic E-state index is 13.6. The summed E-state index contributed by atoms with van der Waals surface area (Å²) in [4.78, 5) is 34.5. The molecule has 0 radical (unpaired) electrons. The van der Waals surface area contributed by atoms with Crippen LogP contribution in [0.25, 0.3) is 10.8 Å². The lowest BCUT2D eigenvalue weighted by Crippen LogP contribution is -2.41. The maximum absolute atomic E-state index is 13.6. The molecule has 2 bridgehead atoms. The van der Waals surface area contributed by atoms with Crippen LogP contribution >= 0.6 is 0 Å². The van der Waals surface area contributed by atoms with Gasteiger partial charge in [0.1, 0.15) is 6.10 Å². The van der Waals surface area contributed by atoms with Crippen LogP contribution < -0.4 is 4.90 Å². The second kappa shape index (κ2) is 6.28. The summed E-state index contributed by atoms with van der Waals surface area (Å²) in [5, 5.41) is 6.55. The van der Waals surface area contributed by atoms with Crippen LogP contribution in [0.4, 0.5) is 5.69 Å². The zero-order valence-corrected chi connectivity index (χ0v) is 17.6. The molecule has 0 N–H and O–H groups in total. The minimum atomic E-state index is -0.298. The van der Waals surface area contributed by atoms with Gasteiger partial charge in [0.05, 0.1) is 23.2 Å². The van der Waals surface area contributed by atoms with Gasteiger partial charge in [0.2, 0.25) is 11.8 Å². The third kappa shape index (κ3) is 2.26. The number of hydrogen-bond acceptors (Lipinski definition) is 4. The fourth-order valence-electron chi connectivity index (χ4n) is 6.66. The van der Waals surface area contributed by atoms with E-state index in [9.17, 15) is 9.59 Å². The van der Waals surface area contributed by atoms with Crippen LogP contribution in [0, 0.1) is 36.5 Å². The number of carbonyl (C=O) groups excluding carboxylic acids is 2. The molecule has 6 atom stereocenters. The number of rotatable bonds is 2. The summed E-state index contributed by atoms with van der Waals surface area (Å²) in [6.45, 7) is 2.06. The third-order valence-electron chi connectivity index (χ3n) is 8.03. The molecule has 2 saturated carbocycles. The standard InChI is InChI=1S/C27H22N2O3/c1-14-6-8-16(9-7-14)24-23-19-13-20(25(23)32-28-24)22-21(19)26(30)29(27(22)31)18-11-10-15-4-2-3-5-17(15)12-18/h2-12,19-23,25H,13H2,1H3/t19-,20+,21-,22+,23+,25+/m1/s1. The Kier molecular flexibility index (Phi) is 3.56. The Morgan fingerprint density at radius 1 is 0.844 bits per heavy atom. The molecule has 3 aromatic carbocycles. The van der Waals surface area contributed by atoms with Crippen molar-refractivity contribution in [3.8, 4) is 0 Å². The van der Waals surface area contributed by atoms with E-state index in [4.69, 9.17) is 4.84 Å². The van der Waals surface area contributed by atoms with Crippen LogP contribution in [-0.4, -0.2) is 23.6 Å². The van der Waals surface area contributed by atoms with E-state index >= 15 is 0 Å². The molecule has 7 rings (SSSR count). The van der Waals surface area contributed by atoms with E-state index in [1.54, 1.807) is 0 Å². The molecule has 2 aliphatic heterocycles. The van der Waals surface area contributed by atoms with Crippen molar-refractivity contribution >= 4 is 34.0 Å². The lowest BCUT2D eigenvalue weighted by Gasteiger charge is -2.29. The van der Waals surface area contributed by atoms with E-state index in [-0.39, 0.29) is 47.5 Å². The largest absolute Gasteiger partial charge is 0.391 e. The van der Waals surface area contributed by atoms with E-state index in [2.05, 4.69) is 36.3 Å². The summed E-state index contributed by atoms with van der Waals surface area (Å²) in [5.41, 5.74) is 3.85. The number of anilines is 1. The van der Waals surface area contributed by atoms with Crippen LogP contribution in [0.1, 0.15) is 17.5 Å². The lowest BCUT2D eigenvalue weighted by atomic mass is 9.71. The summed E-state index contributed by atoms with van der Waals surface area (Å²) >= 11 is 0. The van der Waals surface area contributed by atoms with Gasteiger partial charge in [-0.1, -0.05) is 65.3 Å². The van der Waals surface area contributed by atoms with Crippen molar-refractivity contribution in [3.05, 3.63) is 77.9 Å². The zero-order chi connectivity index (χ0) is 21.6. The number of benzene rings is 3. The first-order valence-electron chi connectivity index (χ1n) is 11.3. The first kappa shape index (κ1) is 18.1. The molecule has 4 aliphatic rings. The summed E-state index contributed by atoms with van der Waals surface area (Å²) in [5.74, 6) is -0.490. The Hall–Kier alpha value is -3.47. The van der Waals surface area contributed by atoms with E-state index in [1.807, 2.05) is 42.5 Å². The first-order valence-corrected chi connectivity index (χ1v) is 11.3. The minimum absolute atomic E-state index is 0.0450. The van der Waals surface area contributed by atoms with Gasteiger partial charge in [-0.25, -0.2) is 0 Å². The van der Waals surface area contributed by atoms with Gasteiger partial charge in [0, 0.05) is 11.8 Å². The summed E-state index contributed by atoms with van der Waals surface area (Å²) in [6, 6.07) is 22.1. The summed E-state index contributed by atoms with van der Waals surface area (Å²) < 4.78 is 0. The molecule has 5 heteroatoms. The Balaban J connectivity index is 1.25. The average molecular weight is 422 g/mol. The molecule has 2 aliphatic carbocycles. The molecule has 5 nitrogen and oxygen atoms in total. The van der Waals surface area contributed by atoms with E-state index in [0.717, 1.165) is 28.5 Å². The van der Waals surface area contributed by atoms with Crippen molar-refractivity contribution < 1.29 is 14.4 Å². The summed E-state index contributed by atoms with van der Waals surface area (Å²) in [6.07, 6.45) is 0.754. The van der Waals surface area contributed by atoms with Crippen LogP contribution in [0.3, 0.4) is 0 Å². The zero-order valence-electron chi connectivity index (χ0n) is 17.6. The smallest absolute Gasteiger partial charge is 0.238 e. The van der Waals surface area contributed by atoms with Crippen molar-refractivity contribution in [1.29, 1.82) is 0 Å². The molecule has 0 unspecified atom stereocenters. The molecule has 3 fully saturated rings. The van der Waals surface area contributed by atoms with Gasteiger partial charge in [0.25, 0.3) is 0 Å². The number of imide groups is 1. The minimum Gasteiger partial charge on any atom is -0.391 e. The number of hydrogen-bond donors (Lipinski definition) is 0. The predicted molar refractivity (Wildman–Crippen MR) is 121 cm³/mol. The molecular weight excluding hydrogens is 400 g/mol. The first-order chi connectivity index (χ1) is 15.6. The van der Waals surface area contributed by atoms with Crippen molar-refractivity contribution in [2.75, 3.05) is 4.90 Å². The fourth-order valence-corrected chi connectivity index (χ4v) is 6.66. The number of carbonyl (C=O) groups is 2. The molecular formula is C27H22N2O3. The Morgan fingerprint density at radius 3 is 2.34 bits per heavy atom. The van der Waals surface area contributed by atoms with Crippen molar-refractivity contribution in [2.45, 2.75) is 19.4 Å². The van der Waals surface area contributed by atoms with Gasteiger partial charge in [-0.3, -0.25) is 14.5 Å². The van der Waals surface area contributed by atoms with Gasteiger partial charge >= 0.3 is 0 Å². The van der Waals surface area contributed by atoms with E-state index in [1.165, 1.54) is 10.5 Å². The molecule has 1 saturated heterocycles. The van der Waals surface area contributed by atoms with Gasteiger partial charge < -0.3 is 4.84 Å². The van der Waals surface area contributed by atoms with Crippen LogP contribution in [0.15, 0.2) is 71.9 Å². The van der Waals surface area contributed by atoms with Crippen molar-refractivity contribution in [1.82, 2.24) is 0 Å². The van der Waals surface area contributed by atoms with Crippen LogP contribution in [0.2, 0.25) is 0 Å². The number of fused-ring (bicyclic) bond motifs is 9. The quantitative estimate of drug-likeness (QED) is 0.578. The maximum Gasteiger partial charge on any atom is 0.238 e. The predicted octanol–water partition coefficient (Wildman–Crippen LogP) is 4.32. The van der Waals surface area contributed by atoms with Crippen molar-refractivity contribution in [3.63, 3.8) is 0 Å². The average Bonchev–Trinajstić information content (AvgIpc) is 3.54. The van der Waals surface area contributed by atoms with Gasteiger partial charge in [0.15, 0.2) is 0 Å². The fraction of sp³-hybridized carbons (Fsp3) is 0.296. The topological polar surface area (TPSA) is 59.0 Å². The normalized spacial score (nSPS) is 32.3. The highest BCUT2D eigenvalue weighted by Crippen LogP contribution is 2.62. The van der Waals surface area contributed by atoms with Crippen LogP contribution in [-0.2, 0) is 14.4 Å². The third-order valence-corrected chi connectivity index (χ3v) is 8.03. The second-order valence-corrected chi connectivity index (χ2v) is 9.60. The highest BCUT2D eigenvalue weighted by atomic mass is 16.6. The van der Waals surface area contributed by atoms with E-state index < -0.39 is 0 Å². The Bertz CT molecular complexity index is 1330. The number of nitrogens with zero attached hydrogens (tertiary/aromatic N) is 2. The molecule has 2 amide bonds. The second-order valence-electron chi connectivity index (χ2n) is 9.60. The summed E-state index contributed by atoms with van der Waals surface area (Å²) in [7, 11) is 0. The highest BCUT2D eigenvalue weighted by molar-refractivity contribution is 6.23. The Labute approximate surface area is 185 Å². The monoisotopic (exact) mass is 422 g/mol. The molecule has 0 aromatic heterocycles. The van der Waals surface area contributed by atoms with Crippen LogP contribution in [0.5, 0.6) is 0 Å². The Morgan fingerprint density at radius 2 is 1.56 bits per heavy atom. The molecule has 2 heterocycles. The highest BCUT2D eigenvalue weighted by Gasteiger charge is 2.70.